The van der Waals surface area contributed by atoms with Gasteiger partial charge < -0.3 is 14.3 Å². The lowest BCUT2D eigenvalue weighted by atomic mass is 10.1. The minimum absolute atomic E-state index is 0.00724. The van der Waals surface area contributed by atoms with Crippen molar-refractivity contribution in [3.8, 4) is 5.75 Å². The van der Waals surface area contributed by atoms with Crippen LogP contribution in [0.2, 0.25) is 0 Å². The maximum atomic E-state index is 13.1. The summed E-state index contributed by atoms with van der Waals surface area (Å²) in [5.41, 5.74) is 1.07. The van der Waals surface area contributed by atoms with Crippen LogP contribution in [0.25, 0.3) is 17.0 Å². The van der Waals surface area contributed by atoms with Crippen molar-refractivity contribution in [1.82, 2.24) is 0 Å². The second kappa shape index (κ2) is 7.23. The SMILES string of the molecule is Cc1c(O)ccc2c(COC(=O)/C=C/c3cccc(F)c3)cc(=O)oc12. The van der Waals surface area contributed by atoms with Gasteiger partial charge in [0, 0.05) is 28.7 Å². The van der Waals surface area contributed by atoms with E-state index < -0.39 is 17.4 Å². The first-order chi connectivity index (χ1) is 12.4. The van der Waals surface area contributed by atoms with E-state index in [2.05, 4.69) is 0 Å². The molecule has 0 fully saturated rings. The van der Waals surface area contributed by atoms with E-state index in [1.807, 2.05) is 0 Å². The van der Waals surface area contributed by atoms with Gasteiger partial charge in [0.05, 0.1) is 0 Å². The quantitative estimate of drug-likeness (QED) is 0.439. The Morgan fingerprint density at radius 3 is 2.85 bits per heavy atom. The molecule has 3 rings (SSSR count). The van der Waals surface area contributed by atoms with Crippen LogP contribution in [0.3, 0.4) is 0 Å². The Kier molecular flexibility index (Phi) is 4.84. The minimum Gasteiger partial charge on any atom is -0.508 e. The van der Waals surface area contributed by atoms with Gasteiger partial charge in [-0.1, -0.05) is 12.1 Å². The maximum Gasteiger partial charge on any atom is 0.336 e. The van der Waals surface area contributed by atoms with Crippen molar-refractivity contribution in [3.05, 3.63) is 81.5 Å². The summed E-state index contributed by atoms with van der Waals surface area (Å²) in [7, 11) is 0. The largest absolute Gasteiger partial charge is 0.508 e. The van der Waals surface area contributed by atoms with Crippen molar-refractivity contribution >= 4 is 23.0 Å². The molecular formula is C20H15FO5. The normalized spacial score (nSPS) is 11.2. The lowest BCUT2D eigenvalue weighted by Gasteiger charge is -2.08. The van der Waals surface area contributed by atoms with Gasteiger partial charge in [-0.15, -0.1) is 0 Å². The fraction of sp³-hybridized carbons (Fsp3) is 0.100. The smallest absolute Gasteiger partial charge is 0.336 e. The van der Waals surface area contributed by atoms with Crippen LogP contribution in [-0.4, -0.2) is 11.1 Å². The van der Waals surface area contributed by atoms with Crippen LogP contribution in [-0.2, 0) is 16.1 Å². The molecule has 0 saturated carbocycles. The van der Waals surface area contributed by atoms with Crippen molar-refractivity contribution in [1.29, 1.82) is 0 Å². The molecule has 1 aromatic heterocycles. The van der Waals surface area contributed by atoms with E-state index >= 15 is 0 Å². The summed E-state index contributed by atoms with van der Waals surface area (Å²) in [4.78, 5) is 23.6. The van der Waals surface area contributed by atoms with Crippen LogP contribution in [0.1, 0.15) is 16.7 Å². The summed E-state index contributed by atoms with van der Waals surface area (Å²) in [5, 5.41) is 10.3. The molecule has 2 aromatic carbocycles. The molecule has 3 aromatic rings. The van der Waals surface area contributed by atoms with Gasteiger partial charge in [0.2, 0.25) is 0 Å². The first-order valence-electron chi connectivity index (χ1n) is 7.80. The van der Waals surface area contributed by atoms with Crippen LogP contribution < -0.4 is 5.63 Å². The van der Waals surface area contributed by atoms with E-state index in [-0.39, 0.29) is 17.9 Å². The summed E-state index contributed by atoms with van der Waals surface area (Å²) in [6.45, 7) is 1.48. The monoisotopic (exact) mass is 354 g/mol. The Labute approximate surface area is 148 Å². The second-order valence-electron chi connectivity index (χ2n) is 5.67. The Morgan fingerprint density at radius 1 is 1.27 bits per heavy atom. The van der Waals surface area contributed by atoms with Crippen LogP contribution >= 0.6 is 0 Å². The van der Waals surface area contributed by atoms with Gasteiger partial charge in [0.15, 0.2) is 0 Å². The number of carbonyl (C=O) groups excluding carboxylic acids is 1. The van der Waals surface area contributed by atoms with Gasteiger partial charge in [0.25, 0.3) is 0 Å². The van der Waals surface area contributed by atoms with Crippen LogP contribution in [0.5, 0.6) is 5.75 Å². The number of phenolic OH excluding ortho intramolecular Hbond substituents is 1. The number of rotatable bonds is 4. The number of halogens is 1. The summed E-state index contributed by atoms with van der Waals surface area (Å²) in [5.74, 6) is -1.03. The standard InChI is InChI=1S/C20H15FO5/c1-12-17(22)7-6-16-14(10-19(24)26-20(12)16)11-25-18(23)8-5-13-3-2-4-15(21)9-13/h2-10,22H,11H2,1H3/b8-5+. The molecule has 132 valence electrons. The lowest BCUT2D eigenvalue weighted by molar-refractivity contribution is -0.138. The average molecular weight is 354 g/mol. The summed E-state index contributed by atoms with van der Waals surface area (Å²) < 4.78 is 23.4. The number of carbonyl (C=O) groups is 1. The fourth-order valence-electron chi connectivity index (χ4n) is 2.51. The Balaban J connectivity index is 1.78. The number of fused-ring (bicyclic) bond motifs is 1. The molecule has 5 nitrogen and oxygen atoms in total. The van der Waals surface area contributed by atoms with Crippen molar-refractivity contribution in [2.45, 2.75) is 13.5 Å². The van der Waals surface area contributed by atoms with Gasteiger partial charge >= 0.3 is 11.6 Å². The highest BCUT2D eigenvalue weighted by Crippen LogP contribution is 2.27. The van der Waals surface area contributed by atoms with E-state index in [4.69, 9.17) is 9.15 Å². The number of phenols is 1. The zero-order valence-electron chi connectivity index (χ0n) is 13.9. The van der Waals surface area contributed by atoms with Gasteiger partial charge in [-0.25, -0.2) is 14.0 Å². The number of aromatic hydroxyl groups is 1. The van der Waals surface area contributed by atoms with Crippen molar-refractivity contribution in [2.75, 3.05) is 0 Å². The topological polar surface area (TPSA) is 76.7 Å². The second-order valence-corrected chi connectivity index (χ2v) is 5.67. The summed E-state index contributed by atoms with van der Waals surface area (Å²) in [6.07, 6.45) is 2.62. The van der Waals surface area contributed by atoms with E-state index in [1.54, 1.807) is 19.1 Å². The average Bonchev–Trinajstić information content (AvgIpc) is 2.61. The number of aryl methyl sites for hydroxylation is 1. The van der Waals surface area contributed by atoms with E-state index in [1.165, 1.54) is 42.5 Å². The fourth-order valence-corrected chi connectivity index (χ4v) is 2.51. The number of benzene rings is 2. The van der Waals surface area contributed by atoms with E-state index in [0.29, 0.717) is 22.1 Å². The Hall–Kier alpha value is -3.41. The molecule has 0 unspecified atom stereocenters. The Morgan fingerprint density at radius 2 is 2.08 bits per heavy atom. The van der Waals surface area contributed by atoms with E-state index in [9.17, 15) is 19.1 Å². The number of ether oxygens (including phenoxy) is 1. The molecule has 0 amide bonds. The minimum atomic E-state index is -0.633. The number of hydrogen-bond acceptors (Lipinski definition) is 5. The van der Waals surface area contributed by atoms with Gasteiger partial charge in [0.1, 0.15) is 23.8 Å². The summed E-state index contributed by atoms with van der Waals surface area (Å²) in [6, 6.07) is 10.1. The third-order valence-corrected chi connectivity index (χ3v) is 3.85. The molecule has 0 aliphatic rings. The lowest BCUT2D eigenvalue weighted by Crippen LogP contribution is -2.06. The van der Waals surface area contributed by atoms with Gasteiger partial charge in [-0.2, -0.15) is 0 Å². The van der Waals surface area contributed by atoms with E-state index in [0.717, 1.165) is 0 Å². The molecule has 0 aliphatic heterocycles. The van der Waals surface area contributed by atoms with Crippen LogP contribution in [0, 0.1) is 12.7 Å². The van der Waals surface area contributed by atoms with Crippen molar-refractivity contribution < 1.29 is 23.4 Å². The molecular weight excluding hydrogens is 339 g/mol. The van der Waals surface area contributed by atoms with Crippen molar-refractivity contribution in [3.63, 3.8) is 0 Å². The molecule has 0 radical (unpaired) electrons. The van der Waals surface area contributed by atoms with Gasteiger partial charge in [-0.3, -0.25) is 0 Å². The first-order valence-corrected chi connectivity index (χ1v) is 7.80. The molecule has 6 heteroatoms. The number of hydrogen-bond donors (Lipinski definition) is 1. The number of esters is 1. The van der Waals surface area contributed by atoms with Gasteiger partial charge in [-0.05, 0) is 42.8 Å². The summed E-state index contributed by atoms with van der Waals surface area (Å²) >= 11 is 0. The highest BCUT2D eigenvalue weighted by molar-refractivity contribution is 5.88. The Bertz CT molecular complexity index is 1070. The predicted molar refractivity (Wildman–Crippen MR) is 94.1 cm³/mol. The molecule has 0 atom stereocenters. The highest BCUT2D eigenvalue weighted by atomic mass is 19.1. The zero-order chi connectivity index (χ0) is 18.7. The third kappa shape index (κ3) is 3.80. The molecule has 0 aliphatic carbocycles. The molecule has 1 heterocycles. The molecule has 1 N–H and O–H groups in total. The zero-order valence-corrected chi connectivity index (χ0v) is 13.9. The molecule has 0 spiro atoms. The first kappa shape index (κ1) is 17.4. The highest BCUT2D eigenvalue weighted by Gasteiger charge is 2.11. The van der Waals surface area contributed by atoms with Crippen LogP contribution in [0.4, 0.5) is 4.39 Å². The van der Waals surface area contributed by atoms with Crippen LogP contribution in [0.15, 0.2) is 57.8 Å². The molecule has 0 saturated heterocycles. The maximum absolute atomic E-state index is 13.1. The molecule has 0 bridgehead atoms. The van der Waals surface area contributed by atoms with Crippen molar-refractivity contribution in [2.24, 2.45) is 0 Å². The molecule has 26 heavy (non-hydrogen) atoms. The third-order valence-electron chi connectivity index (χ3n) is 3.85. The predicted octanol–water partition coefficient (Wildman–Crippen LogP) is 3.70.